The fourth-order valence-electron chi connectivity index (χ4n) is 4.25. The lowest BCUT2D eigenvalue weighted by Gasteiger charge is -2.33. The molecule has 0 bridgehead atoms. The van der Waals surface area contributed by atoms with Gasteiger partial charge in [0.2, 0.25) is 14.6 Å². The van der Waals surface area contributed by atoms with Gasteiger partial charge in [-0.05, 0) is 43.2 Å². The number of nitrogens with one attached hydrogen (secondary N) is 1. The van der Waals surface area contributed by atoms with Crippen molar-refractivity contribution in [2.75, 3.05) is 35.0 Å². The van der Waals surface area contributed by atoms with Crippen LogP contribution >= 0.6 is 8.38 Å². The second-order valence-electron chi connectivity index (χ2n) is 8.99. The lowest BCUT2D eigenvalue weighted by Crippen LogP contribution is -2.53. The highest BCUT2D eigenvalue weighted by Crippen LogP contribution is 2.33. The maximum Gasteiger partial charge on any atom is 0.326 e. The van der Waals surface area contributed by atoms with Gasteiger partial charge in [-0.15, -0.1) is 0 Å². The predicted molar refractivity (Wildman–Crippen MR) is 168 cm³/mol. The van der Waals surface area contributed by atoms with Crippen LogP contribution < -0.4 is 10.6 Å². The minimum absolute atomic E-state index is 0.232. The molecular weight excluding hydrogens is 575 g/mol. The van der Waals surface area contributed by atoms with Crippen molar-refractivity contribution in [3.05, 3.63) is 83.1 Å². The van der Waals surface area contributed by atoms with Gasteiger partial charge in [0.25, 0.3) is 0 Å². The van der Waals surface area contributed by atoms with Gasteiger partial charge in [-0.25, -0.2) is 4.79 Å². The molecule has 2 aromatic carbocycles. The second kappa shape index (κ2) is 20.2. The largest absolute Gasteiger partial charge is 0.466 e. The number of fused-ring (bicyclic) bond motifs is 1. The minimum atomic E-state index is -1.40. The van der Waals surface area contributed by atoms with E-state index in [4.69, 9.17) is 28.9 Å². The lowest BCUT2D eigenvalue weighted by molar-refractivity contribution is -0.0709. The standard InChI is InChI=1S/C18H20N2O5.C9H13O2P.C2H6.2CH4O/c1-23-10-13-8-14(21)17(24-13)20-9-12-7-15(11-5-3-2-4-6-11)25-16(12)19-18(20)22;1-7-4-5-9(6-8(7)2)12(10)11-3;3*1-2/h2-7,9,13-14,16-17,21H,8,10H2,1H3,(H,19,22);4-6,10H,1-3H3;1-2H3;2*2H,1H3/t13-,14-,16?,17?;;;;/m0..../s1. The number of aliphatic hydroxyl groups is 3. The predicted octanol–water partition coefficient (Wildman–Crippen LogP) is 3.54. The summed E-state index contributed by atoms with van der Waals surface area (Å²) in [7, 11) is 3.69. The van der Waals surface area contributed by atoms with E-state index >= 15 is 0 Å². The summed E-state index contributed by atoms with van der Waals surface area (Å²) in [5.74, 6) is 0.698. The van der Waals surface area contributed by atoms with E-state index in [1.807, 2.05) is 82.3 Å². The van der Waals surface area contributed by atoms with Gasteiger partial charge in [0.1, 0.15) is 11.9 Å². The van der Waals surface area contributed by atoms with E-state index in [2.05, 4.69) is 5.32 Å². The molecule has 11 nitrogen and oxygen atoms in total. The molecule has 0 saturated carbocycles. The number of hydrogen-bond donors (Lipinski definition) is 5. The number of hydrogen-bond acceptors (Lipinski definition) is 9. The first-order valence-corrected chi connectivity index (χ1v) is 15.1. The molecule has 5 rings (SSSR count). The summed E-state index contributed by atoms with van der Waals surface area (Å²) in [4.78, 5) is 23.2. The number of aryl methyl sites for hydroxylation is 2. The molecule has 3 aliphatic rings. The van der Waals surface area contributed by atoms with Crippen LogP contribution in [0.4, 0.5) is 4.79 Å². The Kier molecular flexibility index (Phi) is 17.9. The van der Waals surface area contributed by atoms with E-state index in [1.54, 1.807) is 13.3 Å². The molecule has 3 aliphatic heterocycles. The number of ether oxygens (including phenoxy) is 3. The highest BCUT2D eigenvalue weighted by Gasteiger charge is 2.43. The summed E-state index contributed by atoms with van der Waals surface area (Å²) in [6, 6.07) is 15.2. The summed E-state index contributed by atoms with van der Waals surface area (Å²) in [6.45, 7) is 8.45. The van der Waals surface area contributed by atoms with Gasteiger partial charge in [0, 0.05) is 57.5 Å². The number of aliphatic hydroxyl groups excluding tert-OH is 3. The van der Waals surface area contributed by atoms with Gasteiger partial charge >= 0.3 is 6.03 Å². The number of nitrogens with zero attached hydrogens (tertiary/aromatic N) is 1. The summed E-state index contributed by atoms with van der Waals surface area (Å²) in [5.41, 5.74) is 4.17. The van der Waals surface area contributed by atoms with Crippen molar-refractivity contribution >= 4 is 25.5 Å². The smallest absolute Gasteiger partial charge is 0.326 e. The van der Waals surface area contributed by atoms with Crippen molar-refractivity contribution in [2.45, 2.75) is 58.8 Å². The Bertz CT molecular complexity index is 1160. The van der Waals surface area contributed by atoms with Crippen molar-refractivity contribution in [1.29, 1.82) is 0 Å². The number of amides is 2. The first kappa shape index (κ1) is 38.2. The third-order valence-corrected chi connectivity index (χ3v) is 7.42. The fraction of sp³-hybridized carbons (Fsp3) is 0.452. The maximum absolute atomic E-state index is 12.4. The summed E-state index contributed by atoms with van der Waals surface area (Å²) >= 11 is 0. The van der Waals surface area contributed by atoms with E-state index < -0.39 is 26.9 Å². The van der Waals surface area contributed by atoms with Crippen LogP contribution in [0.1, 0.15) is 37.0 Å². The highest BCUT2D eigenvalue weighted by atomic mass is 31.2. The van der Waals surface area contributed by atoms with Crippen LogP contribution in [-0.4, -0.2) is 90.9 Å². The molecule has 0 aromatic heterocycles. The molecule has 1 fully saturated rings. The average Bonchev–Trinajstić information content (AvgIpc) is 3.63. The highest BCUT2D eigenvalue weighted by molar-refractivity contribution is 7.54. The summed E-state index contributed by atoms with van der Waals surface area (Å²) < 4.78 is 21.5. The second-order valence-corrected chi connectivity index (χ2v) is 10.4. The molecule has 5 N–H and O–H groups in total. The third-order valence-electron chi connectivity index (χ3n) is 6.36. The molecule has 3 heterocycles. The van der Waals surface area contributed by atoms with Gasteiger partial charge in [0.15, 0.2) is 6.23 Å². The minimum Gasteiger partial charge on any atom is -0.466 e. The Morgan fingerprint density at radius 2 is 1.67 bits per heavy atom. The average molecular weight is 623 g/mol. The molecule has 1 saturated heterocycles. The van der Waals surface area contributed by atoms with Crippen molar-refractivity contribution in [3.8, 4) is 0 Å². The number of carbonyl (C=O) groups is 1. The van der Waals surface area contributed by atoms with E-state index in [-0.39, 0.29) is 12.1 Å². The Balaban J connectivity index is 0.000000433. The van der Waals surface area contributed by atoms with Gasteiger partial charge in [-0.1, -0.05) is 50.2 Å². The van der Waals surface area contributed by atoms with Gasteiger partial charge < -0.3 is 38.9 Å². The van der Waals surface area contributed by atoms with Crippen molar-refractivity contribution in [3.63, 3.8) is 0 Å². The number of rotatable bonds is 6. The topological polar surface area (TPSA) is 150 Å². The van der Waals surface area contributed by atoms with Gasteiger partial charge in [-0.2, -0.15) is 0 Å². The SMILES string of the molecule is CC.CO.CO.COC[C@@H]1C[C@H](O)C(N2C=C3C=C(c4ccccc4)OC3NC2=O)O1.COP(O)c1ccc(C)c(C)c1. The fourth-order valence-corrected chi connectivity index (χ4v) is 4.96. The zero-order valence-electron chi connectivity index (χ0n) is 26.2. The molecule has 12 heteroatoms. The van der Waals surface area contributed by atoms with Crippen molar-refractivity contribution in [1.82, 2.24) is 10.2 Å². The third kappa shape index (κ3) is 10.7. The van der Waals surface area contributed by atoms with Crippen molar-refractivity contribution < 1.29 is 43.7 Å². The van der Waals surface area contributed by atoms with E-state index in [1.165, 1.54) is 23.1 Å². The number of urea groups is 1. The molecule has 5 atom stereocenters. The number of methoxy groups -OCH3 is 1. The van der Waals surface area contributed by atoms with Crippen molar-refractivity contribution in [2.24, 2.45) is 0 Å². The quantitative estimate of drug-likeness (QED) is 0.305. The Hall–Kier alpha value is -2.86. The summed E-state index contributed by atoms with van der Waals surface area (Å²) in [5, 5.41) is 27.9. The number of carbonyl (C=O) groups excluding carboxylic acids is 1. The van der Waals surface area contributed by atoms with Crippen LogP contribution in [0.25, 0.3) is 5.76 Å². The molecule has 0 spiro atoms. The molecule has 2 amide bonds. The van der Waals surface area contributed by atoms with Crippen LogP contribution in [0.2, 0.25) is 0 Å². The maximum atomic E-state index is 12.4. The van der Waals surface area contributed by atoms with Crippen LogP contribution in [0.15, 0.2) is 66.4 Å². The van der Waals surface area contributed by atoms with Gasteiger partial charge in [0.05, 0.1) is 12.7 Å². The molecule has 43 heavy (non-hydrogen) atoms. The van der Waals surface area contributed by atoms with Crippen LogP contribution in [-0.2, 0) is 18.7 Å². The van der Waals surface area contributed by atoms with Crippen LogP contribution in [0.5, 0.6) is 0 Å². The zero-order chi connectivity index (χ0) is 32.5. The van der Waals surface area contributed by atoms with Crippen LogP contribution in [0, 0.1) is 13.8 Å². The monoisotopic (exact) mass is 622 g/mol. The first-order valence-electron chi connectivity index (χ1n) is 13.9. The molecule has 2 aromatic rings. The Morgan fingerprint density at radius 3 is 2.26 bits per heavy atom. The van der Waals surface area contributed by atoms with E-state index in [9.17, 15) is 14.8 Å². The van der Waals surface area contributed by atoms with E-state index in [0.29, 0.717) is 18.8 Å². The Labute approximate surface area is 256 Å². The van der Waals surface area contributed by atoms with Gasteiger partial charge in [-0.3, -0.25) is 10.2 Å². The molecule has 0 aliphatic carbocycles. The number of benzene rings is 2. The van der Waals surface area contributed by atoms with E-state index in [0.717, 1.165) is 30.7 Å². The lowest BCUT2D eigenvalue weighted by atomic mass is 10.1. The molecule has 3 unspecified atom stereocenters. The summed E-state index contributed by atoms with van der Waals surface area (Å²) in [6.07, 6.45) is 1.75. The zero-order valence-corrected chi connectivity index (χ0v) is 27.1. The normalized spacial score (nSPS) is 22.1. The Morgan fingerprint density at radius 1 is 1.02 bits per heavy atom. The van der Waals surface area contributed by atoms with Crippen LogP contribution in [0.3, 0.4) is 0 Å². The molecule has 0 radical (unpaired) electrons. The first-order chi connectivity index (χ1) is 20.8. The molecular formula is C31H47N2O9P. The molecule has 240 valence electrons.